The highest BCUT2D eigenvalue weighted by Crippen LogP contribution is 2.34. The van der Waals surface area contributed by atoms with E-state index in [1.807, 2.05) is 48.5 Å². The summed E-state index contributed by atoms with van der Waals surface area (Å²) in [6, 6.07) is 15.5. The molecule has 12 heteroatoms. The molecule has 0 saturated heterocycles. The zero-order valence-electron chi connectivity index (χ0n) is 55.0. The number of hydrogen-bond donors (Lipinski definition) is 4. The zero-order valence-corrected chi connectivity index (χ0v) is 55.0. The van der Waals surface area contributed by atoms with Gasteiger partial charge in [-0.1, -0.05) is 159 Å². The maximum atomic E-state index is 14.4. The highest BCUT2D eigenvalue weighted by atomic mass is 16.6. The van der Waals surface area contributed by atoms with Crippen molar-refractivity contribution >= 4 is 23.9 Å². The first-order valence-electron chi connectivity index (χ1n) is 32.0. The predicted octanol–water partition coefficient (Wildman–Crippen LogP) is 15.2. The Hall–Kier alpha value is -6.04. The molecule has 0 bridgehead atoms. The Kier molecular flexibility index (Phi) is 28.9. The molecule has 4 N–H and O–H groups in total. The third-order valence-electron chi connectivity index (χ3n) is 14.9. The summed E-state index contributed by atoms with van der Waals surface area (Å²) in [5.74, 6) is 0.825. The van der Waals surface area contributed by atoms with E-state index in [1.54, 1.807) is 6.92 Å². The molecule has 4 aromatic carbocycles. The van der Waals surface area contributed by atoms with Crippen LogP contribution in [0.15, 0.2) is 48.5 Å². The molecule has 4 rings (SSSR count). The van der Waals surface area contributed by atoms with Crippen LogP contribution < -0.4 is 0 Å². The number of carbonyl (C=O) groups excluding carboxylic acids is 4. The second kappa shape index (κ2) is 34.3. The Morgan fingerprint density at radius 3 is 0.765 bits per heavy atom. The minimum absolute atomic E-state index is 0.0415. The maximum absolute atomic E-state index is 14.4. The highest BCUT2D eigenvalue weighted by Gasteiger charge is 2.37. The van der Waals surface area contributed by atoms with Gasteiger partial charge in [0.1, 0.15) is 35.7 Å². The van der Waals surface area contributed by atoms with Crippen LogP contribution in [-0.4, -0.2) is 69.2 Å². The van der Waals surface area contributed by atoms with E-state index >= 15 is 0 Å². The Bertz CT molecular complexity index is 2670. The van der Waals surface area contributed by atoms with Gasteiger partial charge < -0.3 is 39.4 Å². The molecule has 3 atom stereocenters. The summed E-state index contributed by atoms with van der Waals surface area (Å²) >= 11 is 0. The van der Waals surface area contributed by atoms with E-state index in [9.17, 15) is 39.6 Å². The molecule has 0 heterocycles. The van der Waals surface area contributed by atoms with Crippen molar-refractivity contribution in [3.63, 3.8) is 0 Å². The van der Waals surface area contributed by atoms with Gasteiger partial charge in [0.05, 0.1) is 0 Å². The molecule has 0 aliphatic rings. The van der Waals surface area contributed by atoms with E-state index in [4.69, 9.17) is 18.9 Å². The van der Waals surface area contributed by atoms with E-state index in [-0.39, 0.29) is 109 Å². The van der Waals surface area contributed by atoms with Crippen LogP contribution in [0.1, 0.15) is 210 Å². The third-order valence-corrected chi connectivity index (χ3v) is 14.9. The number of phenolic OH excluding ortho intramolecular Hbond substituents is 4. The lowest BCUT2D eigenvalue weighted by Crippen LogP contribution is -2.47. The molecule has 0 aliphatic heterocycles. The molecule has 0 saturated carbocycles. The molecular weight excluding hydrogens is 1070 g/mol. The number of hydrogen-bond acceptors (Lipinski definition) is 12. The van der Waals surface area contributed by atoms with Gasteiger partial charge in [-0.25, -0.2) is 0 Å². The lowest BCUT2D eigenvalue weighted by molar-refractivity contribution is -0.190. The normalized spacial score (nSPS) is 13.0. The standard InChI is InChI=1S/C73H108O12/c1-43(2)26-56-34-52(35-57(69(56)78)27-44(3)4)18-22-65(74)82-42-64(84-67(76)24-20-54-38-60(30-47(9)10)71(80)61(39-54)31-48(11)12)73(85-68(77)25-21-55-40-62(32-49(13)14)72(81)63(41-55)33-50(15)16)51(17)83-66(75)23-19-53-36-58(28-45(5)6)70(79)59(37-53)29-46(7)8/h34-41,43-51,64,73,78-81H,18-33,42H2,1-17H3. The molecule has 0 aliphatic carbocycles. The topological polar surface area (TPSA) is 186 Å². The molecule has 0 fully saturated rings. The van der Waals surface area contributed by atoms with Crippen molar-refractivity contribution < 1.29 is 58.6 Å². The largest absolute Gasteiger partial charge is 0.507 e. The van der Waals surface area contributed by atoms with Gasteiger partial charge >= 0.3 is 23.9 Å². The first-order chi connectivity index (χ1) is 39.9. The average molecular weight is 1180 g/mol. The molecule has 0 spiro atoms. The monoisotopic (exact) mass is 1180 g/mol. The summed E-state index contributed by atoms with van der Waals surface area (Å²) in [4.78, 5) is 56.8. The minimum Gasteiger partial charge on any atom is -0.507 e. The first kappa shape index (κ1) is 71.4. The Labute approximate surface area is 511 Å². The molecule has 3 unspecified atom stereocenters. The summed E-state index contributed by atoms with van der Waals surface area (Å²) in [7, 11) is 0. The average Bonchev–Trinajstić information content (AvgIpc) is 3.02. The van der Waals surface area contributed by atoms with Gasteiger partial charge in [-0.2, -0.15) is 0 Å². The van der Waals surface area contributed by atoms with Crippen LogP contribution in [0, 0.1) is 47.3 Å². The SMILES string of the molecule is CC(C)Cc1cc(CCC(=O)OCC(OC(=O)CCc2cc(CC(C)C)c(O)c(CC(C)C)c2)C(OC(=O)CCc2cc(CC(C)C)c(O)c(CC(C)C)c2)C(C)OC(=O)CCc2cc(CC(C)C)c(O)c(CC(C)C)c2)cc(CC(C)C)c1O. The van der Waals surface area contributed by atoms with Crippen LogP contribution in [0.3, 0.4) is 0 Å². The van der Waals surface area contributed by atoms with Gasteiger partial charge in [-0.15, -0.1) is 0 Å². The van der Waals surface area contributed by atoms with Crippen LogP contribution in [0.5, 0.6) is 23.0 Å². The second-order valence-corrected chi connectivity index (χ2v) is 27.7. The molecule has 0 amide bonds. The summed E-state index contributed by atoms with van der Waals surface area (Å²) < 4.78 is 24.7. The Morgan fingerprint density at radius 1 is 0.318 bits per heavy atom. The van der Waals surface area contributed by atoms with Crippen LogP contribution in [0.4, 0.5) is 0 Å². The highest BCUT2D eigenvalue weighted by molar-refractivity contribution is 5.73. The number of rotatable bonds is 35. The number of phenols is 4. The number of ether oxygens (including phenoxy) is 4. The fraction of sp³-hybridized carbons (Fsp3) is 0.616. The molecule has 472 valence electrons. The lowest BCUT2D eigenvalue weighted by Gasteiger charge is -2.31. The van der Waals surface area contributed by atoms with E-state index in [1.165, 1.54) is 0 Å². The van der Waals surface area contributed by atoms with Gasteiger partial charge in [-0.05, 0) is 198 Å². The molecular formula is C73H108O12. The van der Waals surface area contributed by atoms with E-state index in [2.05, 4.69) is 111 Å². The first-order valence-corrected chi connectivity index (χ1v) is 32.0. The van der Waals surface area contributed by atoms with Crippen LogP contribution >= 0.6 is 0 Å². The number of carbonyl (C=O) groups is 4. The molecule has 0 aromatic heterocycles. The fourth-order valence-electron chi connectivity index (χ4n) is 11.3. The summed E-state index contributed by atoms with van der Waals surface area (Å²) in [6.07, 6.45) is 2.05. The van der Waals surface area contributed by atoms with Crippen molar-refractivity contribution in [3.05, 3.63) is 115 Å². The zero-order chi connectivity index (χ0) is 63.4. The van der Waals surface area contributed by atoms with Crippen molar-refractivity contribution in [1.29, 1.82) is 0 Å². The predicted molar refractivity (Wildman–Crippen MR) is 340 cm³/mol. The summed E-state index contributed by atoms with van der Waals surface area (Å²) in [6.45, 7) is 34.5. The minimum atomic E-state index is -1.43. The van der Waals surface area contributed by atoms with Crippen molar-refractivity contribution in [2.24, 2.45) is 47.3 Å². The van der Waals surface area contributed by atoms with Gasteiger partial charge in [0, 0.05) is 25.7 Å². The number of aromatic hydroxyl groups is 4. The van der Waals surface area contributed by atoms with Gasteiger partial charge in [0.15, 0.2) is 12.2 Å². The van der Waals surface area contributed by atoms with Crippen LogP contribution in [-0.2, 0) is 115 Å². The number of benzene rings is 4. The number of aryl methyl sites for hydroxylation is 4. The van der Waals surface area contributed by atoms with E-state index in [0.29, 0.717) is 64.2 Å². The van der Waals surface area contributed by atoms with Crippen LogP contribution in [0.2, 0.25) is 0 Å². The van der Waals surface area contributed by atoms with Crippen molar-refractivity contribution in [1.82, 2.24) is 0 Å². The van der Waals surface area contributed by atoms with Crippen molar-refractivity contribution in [3.8, 4) is 23.0 Å². The molecule has 85 heavy (non-hydrogen) atoms. The van der Waals surface area contributed by atoms with E-state index < -0.39 is 48.8 Å². The fourth-order valence-corrected chi connectivity index (χ4v) is 11.3. The maximum Gasteiger partial charge on any atom is 0.306 e. The quantitative estimate of drug-likeness (QED) is 0.0253. The molecule has 4 aromatic rings. The second-order valence-electron chi connectivity index (χ2n) is 27.7. The van der Waals surface area contributed by atoms with Gasteiger partial charge in [-0.3, -0.25) is 19.2 Å². The lowest BCUT2D eigenvalue weighted by atomic mass is 9.92. The van der Waals surface area contributed by atoms with Crippen molar-refractivity contribution in [2.75, 3.05) is 6.61 Å². The molecule has 0 radical (unpaired) electrons. The Balaban J connectivity index is 1.75. The smallest absolute Gasteiger partial charge is 0.306 e. The Morgan fingerprint density at radius 2 is 0.529 bits per heavy atom. The van der Waals surface area contributed by atoms with Crippen molar-refractivity contribution in [2.45, 2.75) is 239 Å². The van der Waals surface area contributed by atoms with Crippen LogP contribution in [0.25, 0.3) is 0 Å². The molecule has 12 nitrogen and oxygen atoms in total. The summed E-state index contributed by atoms with van der Waals surface area (Å²) in [5.41, 5.74) is 9.96. The van der Waals surface area contributed by atoms with E-state index in [0.717, 1.165) is 66.8 Å². The third kappa shape index (κ3) is 24.7. The van der Waals surface area contributed by atoms with Gasteiger partial charge in [0.25, 0.3) is 0 Å². The summed E-state index contributed by atoms with van der Waals surface area (Å²) in [5, 5.41) is 45.1. The van der Waals surface area contributed by atoms with Gasteiger partial charge in [0.2, 0.25) is 0 Å². The number of esters is 4.